The first-order chi connectivity index (χ1) is 7.83. The molecule has 1 rings (SSSR count). The lowest BCUT2D eigenvalue weighted by atomic mass is 10.2. The Hall–Kier alpha value is -0.0400. The molecule has 17 heavy (non-hydrogen) atoms. The third-order valence-electron chi connectivity index (χ3n) is 2.68. The number of thioether (sulfide) groups is 1. The standard InChI is InChI=1S/C10H16F5NS/c11-9(12,10(13,14)15)4-2-6-17-7-8-3-1-5-16-8/h8,16H,1-7H2/t8-/m0/s1. The summed E-state index contributed by atoms with van der Waals surface area (Å²) >= 11 is 1.44. The third kappa shape index (κ3) is 4.99. The Balaban J connectivity index is 2.07. The van der Waals surface area contributed by atoms with Gasteiger partial charge in [-0.1, -0.05) is 0 Å². The zero-order valence-electron chi connectivity index (χ0n) is 9.33. The molecule has 1 nitrogen and oxygen atoms in total. The zero-order chi connectivity index (χ0) is 12.9. The number of alkyl halides is 5. The summed E-state index contributed by atoms with van der Waals surface area (Å²) < 4.78 is 60.5. The van der Waals surface area contributed by atoms with Crippen LogP contribution in [0.4, 0.5) is 22.0 Å². The lowest BCUT2D eigenvalue weighted by Crippen LogP contribution is -2.36. The number of rotatable bonds is 6. The van der Waals surface area contributed by atoms with Crippen LogP contribution >= 0.6 is 11.8 Å². The van der Waals surface area contributed by atoms with Gasteiger partial charge in [-0.05, 0) is 31.6 Å². The monoisotopic (exact) mass is 277 g/mol. The first kappa shape index (κ1) is 15.0. The maximum atomic E-state index is 12.5. The molecule has 0 radical (unpaired) electrons. The van der Waals surface area contributed by atoms with Crippen molar-refractivity contribution in [2.45, 2.75) is 43.8 Å². The first-order valence-corrected chi connectivity index (χ1v) is 6.74. The summed E-state index contributed by atoms with van der Waals surface area (Å²) in [4.78, 5) is 0. The second-order valence-corrected chi connectivity index (χ2v) is 5.32. The molecule has 102 valence electrons. The van der Waals surface area contributed by atoms with Crippen LogP contribution < -0.4 is 5.32 Å². The summed E-state index contributed by atoms with van der Waals surface area (Å²) in [6.07, 6.45) is -4.46. The van der Waals surface area contributed by atoms with E-state index >= 15 is 0 Å². The van der Waals surface area contributed by atoms with Crippen molar-refractivity contribution in [2.24, 2.45) is 0 Å². The number of hydrogen-bond acceptors (Lipinski definition) is 2. The molecule has 7 heteroatoms. The highest BCUT2D eigenvalue weighted by molar-refractivity contribution is 7.99. The van der Waals surface area contributed by atoms with E-state index in [9.17, 15) is 22.0 Å². The van der Waals surface area contributed by atoms with Crippen molar-refractivity contribution >= 4 is 11.8 Å². The average molecular weight is 277 g/mol. The fraction of sp³-hybridized carbons (Fsp3) is 1.00. The molecule has 0 aliphatic carbocycles. The highest BCUT2D eigenvalue weighted by Crippen LogP contribution is 2.39. The normalized spacial score (nSPS) is 22.1. The number of hydrogen-bond donors (Lipinski definition) is 1. The molecule has 1 atom stereocenters. The van der Waals surface area contributed by atoms with E-state index in [1.54, 1.807) is 0 Å². The quantitative estimate of drug-likeness (QED) is 0.589. The Morgan fingerprint density at radius 3 is 2.41 bits per heavy atom. The highest BCUT2D eigenvalue weighted by Gasteiger charge is 2.56. The van der Waals surface area contributed by atoms with Gasteiger partial charge in [-0.25, -0.2) is 0 Å². The van der Waals surface area contributed by atoms with Crippen molar-refractivity contribution < 1.29 is 22.0 Å². The Kier molecular flexibility index (Phi) is 5.50. The number of nitrogens with one attached hydrogen (secondary N) is 1. The summed E-state index contributed by atoms with van der Waals surface area (Å²) in [5, 5.41) is 3.24. The summed E-state index contributed by atoms with van der Waals surface area (Å²) in [6, 6.07) is 0.392. The topological polar surface area (TPSA) is 12.0 Å². The van der Waals surface area contributed by atoms with E-state index in [-0.39, 0.29) is 6.42 Å². The van der Waals surface area contributed by atoms with E-state index in [0.29, 0.717) is 11.8 Å². The summed E-state index contributed by atoms with van der Waals surface area (Å²) in [5.74, 6) is -3.40. The second kappa shape index (κ2) is 6.22. The van der Waals surface area contributed by atoms with Crippen molar-refractivity contribution in [1.82, 2.24) is 5.32 Å². The van der Waals surface area contributed by atoms with Crippen LogP contribution in [0, 0.1) is 0 Å². The minimum absolute atomic E-state index is 0.107. The van der Waals surface area contributed by atoms with Crippen molar-refractivity contribution in [2.75, 3.05) is 18.1 Å². The molecule has 0 amide bonds. The van der Waals surface area contributed by atoms with E-state index < -0.39 is 18.5 Å². The Morgan fingerprint density at radius 2 is 1.88 bits per heavy atom. The molecule has 0 bridgehead atoms. The van der Waals surface area contributed by atoms with Gasteiger partial charge in [0, 0.05) is 18.2 Å². The number of halogens is 5. The van der Waals surface area contributed by atoms with Crippen LogP contribution in [-0.4, -0.2) is 36.2 Å². The second-order valence-electron chi connectivity index (χ2n) is 4.17. The fourth-order valence-corrected chi connectivity index (χ4v) is 2.75. The van der Waals surface area contributed by atoms with Crippen molar-refractivity contribution in [3.8, 4) is 0 Å². The van der Waals surface area contributed by atoms with Gasteiger partial charge < -0.3 is 5.32 Å². The molecular formula is C10H16F5NS. The minimum atomic E-state index is -5.41. The molecule has 0 aromatic rings. The molecule has 1 aliphatic rings. The van der Waals surface area contributed by atoms with Crippen LogP contribution in [0.15, 0.2) is 0 Å². The van der Waals surface area contributed by atoms with Crippen molar-refractivity contribution in [3.63, 3.8) is 0 Å². The van der Waals surface area contributed by atoms with Gasteiger partial charge in [0.25, 0.3) is 0 Å². The van der Waals surface area contributed by atoms with Crippen LogP contribution in [0.1, 0.15) is 25.7 Å². The van der Waals surface area contributed by atoms with E-state index in [1.807, 2.05) is 0 Å². The maximum Gasteiger partial charge on any atom is 0.453 e. The van der Waals surface area contributed by atoms with Crippen molar-refractivity contribution in [1.29, 1.82) is 0 Å². The van der Waals surface area contributed by atoms with Crippen LogP contribution in [0.2, 0.25) is 0 Å². The molecule has 1 heterocycles. The molecule has 0 spiro atoms. The molecule has 0 aromatic heterocycles. The zero-order valence-corrected chi connectivity index (χ0v) is 10.1. The Labute approximate surface area is 102 Å². The fourth-order valence-electron chi connectivity index (χ4n) is 1.66. The van der Waals surface area contributed by atoms with Crippen LogP contribution in [0.5, 0.6) is 0 Å². The molecule has 0 unspecified atom stereocenters. The smallest absolute Gasteiger partial charge is 0.313 e. The predicted molar refractivity (Wildman–Crippen MR) is 58.6 cm³/mol. The third-order valence-corrected chi connectivity index (χ3v) is 3.89. The van der Waals surface area contributed by atoms with Gasteiger partial charge >= 0.3 is 12.1 Å². The van der Waals surface area contributed by atoms with Crippen LogP contribution in [0.3, 0.4) is 0 Å². The minimum Gasteiger partial charge on any atom is -0.313 e. The lowest BCUT2D eigenvalue weighted by Gasteiger charge is -2.19. The van der Waals surface area contributed by atoms with Gasteiger partial charge in [0.05, 0.1) is 0 Å². The molecule has 0 saturated carbocycles. The van der Waals surface area contributed by atoms with Crippen molar-refractivity contribution in [3.05, 3.63) is 0 Å². The van der Waals surface area contributed by atoms with E-state index in [4.69, 9.17) is 0 Å². The van der Waals surface area contributed by atoms with E-state index in [2.05, 4.69) is 5.32 Å². The Bertz CT molecular complexity index is 225. The first-order valence-electron chi connectivity index (χ1n) is 5.58. The van der Waals surface area contributed by atoms with Gasteiger partial charge in [0.2, 0.25) is 0 Å². The predicted octanol–water partition coefficient (Wildman–Crippen LogP) is 3.45. The van der Waals surface area contributed by atoms with E-state index in [1.165, 1.54) is 11.8 Å². The van der Waals surface area contributed by atoms with E-state index in [0.717, 1.165) is 25.1 Å². The average Bonchev–Trinajstić information content (AvgIpc) is 2.68. The molecule has 1 aliphatic heterocycles. The van der Waals surface area contributed by atoms with Crippen LogP contribution in [0.25, 0.3) is 0 Å². The van der Waals surface area contributed by atoms with Gasteiger partial charge in [-0.15, -0.1) is 0 Å². The highest BCUT2D eigenvalue weighted by atomic mass is 32.2. The molecule has 1 fully saturated rings. The van der Waals surface area contributed by atoms with Gasteiger partial charge in [-0.3, -0.25) is 0 Å². The summed E-state index contributed by atoms with van der Waals surface area (Å²) in [6.45, 7) is 0.970. The van der Waals surface area contributed by atoms with Crippen LogP contribution in [-0.2, 0) is 0 Å². The summed E-state index contributed by atoms with van der Waals surface area (Å²) in [5.41, 5.74) is 0. The van der Waals surface area contributed by atoms with Gasteiger partial charge in [0.15, 0.2) is 0 Å². The lowest BCUT2D eigenvalue weighted by molar-refractivity contribution is -0.284. The largest absolute Gasteiger partial charge is 0.453 e. The molecular weight excluding hydrogens is 261 g/mol. The summed E-state index contributed by atoms with van der Waals surface area (Å²) in [7, 11) is 0. The molecule has 0 aromatic carbocycles. The SMILES string of the molecule is FC(F)(F)C(F)(F)CCCSC[C@@H]1CCCN1. The van der Waals surface area contributed by atoms with Gasteiger partial charge in [0.1, 0.15) is 0 Å². The molecule has 1 saturated heterocycles. The Morgan fingerprint density at radius 1 is 1.18 bits per heavy atom. The molecule has 1 N–H and O–H groups in total. The maximum absolute atomic E-state index is 12.5. The van der Waals surface area contributed by atoms with Gasteiger partial charge in [-0.2, -0.15) is 33.7 Å².